The van der Waals surface area contributed by atoms with Crippen molar-refractivity contribution in [1.82, 2.24) is 0 Å². The van der Waals surface area contributed by atoms with Crippen molar-refractivity contribution in [2.45, 2.75) is 65.7 Å². The Morgan fingerprint density at radius 1 is 1.05 bits per heavy atom. The second kappa shape index (κ2) is 9.40. The quantitative estimate of drug-likeness (QED) is 0.514. The number of hydrogen-bond acceptors (Lipinski definition) is 2. The minimum atomic E-state index is 0.224. The maximum absolute atomic E-state index is 6.09. The second-order valence-electron chi connectivity index (χ2n) is 6.33. The third kappa shape index (κ3) is 5.58. The van der Waals surface area contributed by atoms with Crippen LogP contribution in [0.2, 0.25) is 0 Å². The smallest absolute Gasteiger partial charge is 0.119 e. The summed E-state index contributed by atoms with van der Waals surface area (Å²) in [6, 6.07) is 8.63. The number of hydrogen-bond donors (Lipinski definition) is 1. The van der Waals surface area contributed by atoms with Gasteiger partial charge in [-0.2, -0.15) is 12.6 Å². The molecule has 2 heteroatoms. The number of thiol groups is 1. The van der Waals surface area contributed by atoms with Crippen molar-refractivity contribution in [3.05, 3.63) is 29.8 Å². The number of rotatable bonds is 10. The first-order chi connectivity index (χ1) is 10.1. The monoisotopic (exact) mass is 308 g/mol. The molecule has 0 aliphatic carbocycles. The highest BCUT2D eigenvalue weighted by atomic mass is 32.1. The van der Waals surface area contributed by atoms with Crippen molar-refractivity contribution >= 4 is 12.6 Å². The molecule has 0 amide bonds. The van der Waals surface area contributed by atoms with Gasteiger partial charge in [-0.15, -0.1) is 0 Å². The molecule has 1 aromatic carbocycles. The first-order valence-electron chi connectivity index (χ1n) is 8.44. The van der Waals surface area contributed by atoms with Crippen LogP contribution in [0.15, 0.2) is 24.3 Å². The number of ether oxygens (including phenoxy) is 1. The van der Waals surface area contributed by atoms with Gasteiger partial charge in [0.15, 0.2) is 0 Å². The highest BCUT2D eigenvalue weighted by molar-refractivity contribution is 7.80. The molecule has 0 bridgehead atoms. The molecule has 1 nitrogen and oxygen atoms in total. The maximum atomic E-state index is 6.09. The van der Waals surface area contributed by atoms with E-state index in [0.717, 1.165) is 18.1 Å². The molecular formula is C19H32OS. The topological polar surface area (TPSA) is 9.23 Å². The molecule has 0 saturated carbocycles. The Kier molecular flexibility index (Phi) is 8.24. The van der Waals surface area contributed by atoms with E-state index in [1.807, 2.05) is 0 Å². The Labute approximate surface area is 136 Å². The van der Waals surface area contributed by atoms with Crippen LogP contribution in [0.1, 0.15) is 71.3 Å². The van der Waals surface area contributed by atoms with Crippen molar-refractivity contribution in [2.75, 3.05) is 12.4 Å². The molecule has 1 unspecified atom stereocenters. The van der Waals surface area contributed by atoms with E-state index < -0.39 is 0 Å². The van der Waals surface area contributed by atoms with E-state index in [0.29, 0.717) is 5.92 Å². The predicted molar refractivity (Wildman–Crippen MR) is 96.7 cm³/mol. The van der Waals surface area contributed by atoms with Gasteiger partial charge in [0.05, 0.1) is 6.61 Å². The third-order valence-corrected chi connectivity index (χ3v) is 5.17. The lowest BCUT2D eigenvalue weighted by Gasteiger charge is -2.31. The molecule has 0 N–H and O–H groups in total. The molecule has 1 aromatic rings. The average Bonchev–Trinajstić information content (AvgIpc) is 2.52. The van der Waals surface area contributed by atoms with Crippen molar-refractivity contribution < 1.29 is 4.74 Å². The summed E-state index contributed by atoms with van der Waals surface area (Å²) in [5, 5.41) is 0. The third-order valence-electron chi connectivity index (χ3n) is 4.50. The minimum Gasteiger partial charge on any atom is -0.493 e. The zero-order chi connectivity index (χ0) is 15.7. The Hall–Kier alpha value is -0.630. The van der Waals surface area contributed by atoms with E-state index >= 15 is 0 Å². The second-order valence-corrected chi connectivity index (χ2v) is 6.64. The fraction of sp³-hybridized carbons (Fsp3) is 0.684. The summed E-state index contributed by atoms with van der Waals surface area (Å²) in [5.74, 6) is 2.51. The summed E-state index contributed by atoms with van der Waals surface area (Å²) >= 11 is 4.59. The highest BCUT2D eigenvalue weighted by Gasteiger charge is 2.27. The van der Waals surface area contributed by atoms with Crippen molar-refractivity contribution in [1.29, 1.82) is 0 Å². The molecule has 0 heterocycles. The van der Waals surface area contributed by atoms with E-state index in [2.05, 4.69) is 64.6 Å². The summed E-state index contributed by atoms with van der Waals surface area (Å²) in [4.78, 5) is 0. The van der Waals surface area contributed by atoms with Crippen LogP contribution in [0.5, 0.6) is 5.75 Å². The molecule has 0 aromatic heterocycles. The zero-order valence-electron chi connectivity index (χ0n) is 14.2. The van der Waals surface area contributed by atoms with Crippen molar-refractivity contribution in [3.8, 4) is 5.75 Å². The molecule has 0 aliphatic heterocycles. The average molecular weight is 309 g/mol. The predicted octanol–water partition coefficient (Wildman–Crippen LogP) is 6.10. The SMILES string of the molecule is CCCC(CS)(CCC)COc1ccc(C(C)CC)cc1. The van der Waals surface area contributed by atoms with Gasteiger partial charge < -0.3 is 4.74 Å². The molecular weight excluding hydrogens is 276 g/mol. The summed E-state index contributed by atoms with van der Waals surface area (Å²) in [6.07, 6.45) is 5.94. The summed E-state index contributed by atoms with van der Waals surface area (Å²) in [7, 11) is 0. The summed E-state index contributed by atoms with van der Waals surface area (Å²) < 4.78 is 6.09. The standard InChI is InChI=1S/C19H32OS/c1-5-12-19(15-21,13-6-2)14-20-18-10-8-17(9-11-18)16(4)7-3/h8-11,16,21H,5-7,12-15H2,1-4H3. The van der Waals surface area contributed by atoms with Crippen LogP contribution in [0, 0.1) is 5.41 Å². The van der Waals surface area contributed by atoms with Gasteiger partial charge in [-0.05, 0) is 48.6 Å². The lowest BCUT2D eigenvalue weighted by Crippen LogP contribution is -2.30. The lowest BCUT2D eigenvalue weighted by molar-refractivity contribution is 0.143. The van der Waals surface area contributed by atoms with Gasteiger partial charge in [0, 0.05) is 5.41 Å². The van der Waals surface area contributed by atoms with Gasteiger partial charge in [0.1, 0.15) is 5.75 Å². The van der Waals surface area contributed by atoms with Gasteiger partial charge >= 0.3 is 0 Å². The Balaban J connectivity index is 2.67. The Bertz CT molecular complexity index is 379. The summed E-state index contributed by atoms with van der Waals surface area (Å²) in [5.41, 5.74) is 1.62. The molecule has 1 rings (SSSR count). The number of benzene rings is 1. The van der Waals surface area contributed by atoms with Crippen LogP contribution in [0.4, 0.5) is 0 Å². The molecule has 0 fully saturated rings. The van der Waals surface area contributed by atoms with Gasteiger partial charge in [0.2, 0.25) is 0 Å². The van der Waals surface area contributed by atoms with E-state index in [-0.39, 0.29) is 5.41 Å². The molecule has 21 heavy (non-hydrogen) atoms. The highest BCUT2D eigenvalue weighted by Crippen LogP contribution is 2.32. The normalized spacial score (nSPS) is 13.2. The van der Waals surface area contributed by atoms with Crippen LogP contribution < -0.4 is 4.74 Å². The first kappa shape index (κ1) is 18.4. The van der Waals surface area contributed by atoms with Gasteiger partial charge in [-0.3, -0.25) is 0 Å². The fourth-order valence-electron chi connectivity index (χ4n) is 2.90. The molecule has 0 aliphatic rings. The van der Waals surface area contributed by atoms with Crippen molar-refractivity contribution in [2.24, 2.45) is 5.41 Å². The molecule has 1 atom stereocenters. The van der Waals surface area contributed by atoms with E-state index in [1.165, 1.54) is 37.7 Å². The van der Waals surface area contributed by atoms with Crippen LogP contribution in [-0.4, -0.2) is 12.4 Å². The summed E-state index contributed by atoms with van der Waals surface area (Å²) in [6.45, 7) is 9.76. The lowest BCUT2D eigenvalue weighted by atomic mass is 9.82. The molecule has 0 spiro atoms. The van der Waals surface area contributed by atoms with Crippen LogP contribution in [-0.2, 0) is 0 Å². The van der Waals surface area contributed by atoms with Crippen LogP contribution in [0.25, 0.3) is 0 Å². The van der Waals surface area contributed by atoms with Crippen LogP contribution in [0.3, 0.4) is 0 Å². The minimum absolute atomic E-state index is 0.224. The Morgan fingerprint density at radius 3 is 2.05 bits per heavy atom. The molecule has 0 saturated heterocycles. The Morgan fingerprint density at radius 2 is 1.62 bits per heavy atom. The van der Waals surface area contributed by atoms with E-state index in [4.69, 9.17) is 4.74 Å². The van der Waals surface area contributed by atoms with Gasteiger partial charge in [0.25, 0.3) is 0 Å². The zero-order valence-corrected chi connectivity index (χ0v) is 15.1. The largest absolute Gasteiger partial charge is 0.493 e. The van der Waals surface area contributed by atoms with Crippen molar-refractivity contribution in [3.63, 3.8) is 0 Å². The molecule has 0 radical (unpaired) electrons. The maximum Gasteiger partial charge on any atom is 0.119 e. The van der Waals surface area contributed by atoms with Crippen LogP contribution >= 0.6 is 12.6 Å². The fourth-order valence-corrected chi connectivity index (χ4v) is 3.31. The van der Waals surface area contributed by atoms with Gasteiger partial charge in [-0.25, -0.2) is 0 Å². The molecule has 120 valence electrons. The van der Waals surface area contributed by atoms with E-state index in [1.54, 1.807) is 0 Å². The first-order valence-corrected chi connectivity index (χ1v) is 9.07. The van der Waals surface area contributed by atoms with Gasteiger partial charge in [-0.1, -0.05) is 52.7 Å². The van der Waals surface area contributed by atoms with E-state index in [9.17, 15) is 0 Å².